The fourth-order valence-electron chi connectivity index (χ4n) is 6.74. The number of carbonyl (C=O) groups excluding carboxylic acids is 1. The van der Waals surface area contributed by atoms with E-state index in [9.17, 15) is 14.7 Å². The number of aromatic nitrogens is 2. The second-order valence-corrected chi connectivity index (χ2v) is 12.5. The van der Waals surface area contributed by atoms with Crippen LogP contribution in [0.15, 0.2) is 48.7 Å². The van der Waals surface area contributed by atoms with Crippen molar-refractivity contribution in [3.63, 3.8) is 0 Å². The minimum Gasteiger partial charge on any atom is -0.478 e. The van der Waals surface area contributed by atoms with Crippen molar-refractivity contribution < 1.29 is 14.7 Å². The Morgan fingerprint density at radius 2 is 1.57 bits per heavy atom. The van der Waals surface area contributed by atoms with Gasteiger partial charge in [0.05, 0.1) is 16.8 Å². The van der Waals surface area contributed by atoms with Crippen LogP contribution in [0.4, 0.5) is 0 Å². The van der Waals surface area contributed by atoms with Gasteiger partial charge in [-0.3, -0.25) is 9.78 Å². The number of pyridine rings is 1. The number of carboxylic acid groups (broad SMARTS) is 1. The second kappa shape index (κ2) is 18.5. The molecule has 0 saturated heterocycles. The van der Waals surface area contributed by atoms with E-state index in [0.717, 1.165) is 49.9 Å². The molecule has 4 aromatic rings. The number of nitrogens with zero attached hydrogens (tertiary/aromatic N) is 3. The highest BCUT2D eigenvalue weighted by Crippen LogP contribution is 2.45. The van der Waals surface area contributed by atoms with Gasteiger partial charge in [-0.1, -0.05) is 85.4 Å². The van der Waals surface area contributed by atoms with E-state index in [4.69, 9.17) is 0 Å². The van der Waals surface area contributed by atoms with E-state index in [0.29, 0.717) is 17.9 Å². The number of aromatic carboxylic acids is 1. The molecule has 0 atom stereocenters. The van der Waals surface area contributed by atoms with E-state index < -0.39 is 5.97 Å². The van der Waals surface area contributed by atoms with Crippen LogP contribution in [0.1, 0.15) is 133 Å². The number of carboxylic acids is 1. The summed E-state index contributed by atoms with van der Waals surface area (Å²) in [5, 5.41) is 12.1. The number of hydrogen-bond acceptors (Lipinski definition) is 3. The van der Waals surface area contributed by atoms with Gasteiger partial charge in [-0.2, -0.15) is 0 Å². The smallest absolute Gasteiger partial charge is 0.335 e. The predicted octanol–water partition coefficient (Wildman–Crippen LogP) is 10.8. The molecule has 1 fully saturated rings. The molecule has 0 unspecified atom stereocenters. The molecule has 1 aliphatic rings. The van der Waals surface area contributed by atoms with E-state index in [-0.39, 0.29) is 5.91 Å². The predicted molar refractivity (Wildman–Crippen MR) is 194 cm³/mol. The van der Waals surface area contributed by atoms with E-state index in [1.165, 1.54) is 71.7 Å². The first-order valence-electron chi connectivity index (χ1n) is 17.8. The molecule has 2 aromatic carbocycles. The van der Waals surface area contributed by atoms with Crippen LogP contribution in [-0.4, -0.2) is 44.5 Å². The summed E-state index contributed by atoms with van der Waals surface area (Å²) in [5.74, 6) is -0.0717. The average Bonchev–Trinajstić information content (AvgIpc) is 3.38. The lowest BCUT2D eigenvalue weighted by Gasteiger charge is -2.24. The van der Waals surface area contributed by atoms with Crippen LogP contribution >= 0.6 is 0 Å². The Morgan fingerprint density at radius 1 is 0.891 bits per heavy atom. The lowest BCUT2D eigenvalue weighted by atomic mass is 9.81. The van der Waals surface area contributed by atoms with Crippen molar-refractivity contribution in [2.24, 2.45) is 0 Å². The van der Waals surface area contributed by atoms with Gasteiger partial charge in [0.1, 0.15) is 0 Å². The molecule has 46 heavy (non-hydrogen) atoms. The van der Waals surface area contributed by atoms with E-state index in [2.05, 4.69) is 75.4 Å². The van der Waals surface area contributed by atoms with Crippen molar-refractivity contribution in [3.8, 4) is 11.3 Å². The summed E-state index contributed by atoms with van der Waals surface area (Å²) < 4.78 is 2.39. The third kappa shape index (κ3) is 8.77. The van der Waals surface area contributed by atoms with Gasteiger partial charge in [0, 0.05) is 54.1 Å². The monoisotopic (exact) mass is 627 g/mol. The lowest BCUT2D eigenvalue weighted by molar-refractivity contribution is -0.130. The van der Waals surface area contributed by atoms with Gasteiger partial charge in [-0.15, -0.1) is 0 Å². The van der Waals surface area contributed by atoms with Gasteiger partial charge in [0.2, 0.25) is 5.91 Å². The maximum Gasteiger partial charge on any atom is 0.335 e. The van der Waals surface area contributed by atoms with E-state index in [1.807, 2.05) is 30.2 Å². The van der Waals surface area contributed by atoms with Crippen molar-refractivity contribution in [2.75, 3.05) is 13.1 Å². The molecule has 2 aromatic heterocycles. The first-order chi connectivity index (χ1) is 22.3. The standard InChI is InChI=1S/C28H30N2O2.C9H19NO.C3H8/c1-3-16-30-25-17-20(28(31)32)11-12-23(25)26(19-8-5-4-6-9-19)27(30)22-13-14-24-21(18(22)2)10-7-15-29-24;1-4-7-10(8-5-2)9(11)6-3;1-3-2/h7,10-15,17,19H,3-6,8-9,16H2,1-2H3,(H,31,32);4-8H2,1-3H3;3H2,1-2H3. The number of benzene rings is 2. The van der Waals surface area contributed by atoms with Crippen molar-refractivity contribution >= 4 is 33.7 Å². The summed E-state index contributed by atoms with van der Waals surface area (Å²) >= 11 is 0. The Morgan fingerprint density at radius 3 is 2.15 bits per heavy atom. The Balaban J connectivity index is 0.000000348. The summed E-state index contributed by atoms with van der Waals surface area (Å²) in [4.78, 5) is 29.5. The highest BCUT2D eigenvalue weighted by atomic mass is 16.4. The molecule has 1 saturated carbocycles. The molecule has 1 amide bonds. The molecule has 0 bridgehead atoms. The van der Waals surface area contributed by atoms with Crippen LogP contribution in [0.2, 0.25) is 0 Å². The third-order valence-electron chi connectivity index (χ3n) is 8.76. The van der Waals surface area contributed by atoms with Gasteiger partial charge in [0.25, 0.3) is 0 Å². The summed E-state index contributed by atoms with van der Waals surface area (Å²) in [6.45, 7) is 17.5. The number of rotatable bonds is 10. The molecule has 5 rings (SSSR count). The number of aryl methyl sites for hydroxylation is 2. The Labute approximate surface area is 277 Å². The molecule has 0 aliphatic heterocycles. The van der Waals surface area contributed by atoms with Gasteiger partial charge >= 0.3 is 5.97 Å². The summed E-state index contributed by atoms with van der Waals surface area (Å²) in [6, 6.07) is 14.2. The first kappa shape index (κ1) is 36.8. The second-order valence-electron chi connectivity index (χ2n) is 12.5. The van der Waals surface area contributed by atoms with Crippen molar-refractivity contribution in [3.05, 3.63) is 65.4 Å². The Bertz CT molecular complexity index is 1560. The van der Waals surface area contributed by atoms with Gasteiger partial charge in [-0.25, -0.2) is 4.79 Å². The number of fused-ring (bicyclic) bond motifs is 2. The molecule has 6 nitrogen and oxygen atoms in total. The van der Waals surface area contributed by atoms with Crippen LogP contribution in [0.25, 0.3) is 33.1 Å². The maximum absolute atomic E-state index is 11.8. The Kier molecular flexibility index (Phi) is 14.8. The zero-order valence-corrected chi connectivity index (χ0v) is 29.5. The fraction of sp³-hybridized carbons (Fsp3) is 0.525. The van der Waals surface area contributed by atoms with Crippen molar-refractivity contribution in [1.82, 2.24) is 14.5 Å². The zero-order chi connectivity index (χ0) is 33.6. The fourth-order valence-corrected chi connectivity index (χ4v) is 6.74. The summed E-state index contributed by atoms with van der Waals surface area (Å²) in [7, 11) is 0. The van der Waals surface area contributed by atoms with Gasteiger partial charge in [-0.05, 0) is 80.3 Å². The van der Waals surface area contributed by atoms with Crippen LogP contribution in [0.3, 0.4) is 0 Å². The first-order valence-corrected chi connectivity index (χ1v) is 17.8. The SMILES string of the molecule is CCC.CCCN(CCC)C(=O)CC.CCCn1c(-c2ccc3ncccc3c2C)c(C2CCCCC2)c2ccc(C(=O)O)cc21. The van der Waals surface area contributed by atoms with Crippen molar-refractivity contribution in [2.45, 2.75) is 125 Å². The molecule has 6 heteroatoms. The maximum atomic E-state index is 11.8. The minimum atomic E-state index is -0.870. The molecule has 1 aliphatic carbocycles. The Hall–Kier alpha value is -3.67. The molecule has 2 heterocycles. The van der Waals surface area contributed by atoms with Gasteiger partial charge in [0.15, 0.2) is 0 Å². The quantitative estimate of drug-likeness (QED) is 0.190. The van der Waals surface area contributed by atoms with Crippen LogP contribution < -0.4 is 0 Å². The largest absolute Gasteiger partial charge is 0.478 e. The zero-order valence-electron chi connectivity index (χ0n) is 29.5. The van der Waals surface area contributed by atoms with Crippen LogP contribution in [0, 0.1) is 6.92 Å². The summed E-state index contributed by atoms with van der Waals surface area (Å²) in [6.07, 6.45) is 13.1. The third-order valence-corrected chi connectivity index (χ3v) is 8.76. The van der Waals surface area contributed by atoms with Crippen LogP contribution in [0.5, 0.6) is 0 Å². The molecule has 0 spiro atoms. The normalized spacial score (nSPS) is 13.1. The minimum absolute atomic E-state index is 0.286. The van der Waals surface area contributed by atoms with E-state index in [1.54, 1.807) is 6.07 Å². The lowest BCUT2D eigenvalue weighted by Crippen LogP contribution is -2.31. The van der Waals surface area contributed by atoms with Gasteiger partial charge < -0.3 is 14.6 Å². The molecule has 250 valence electrons. The molecular formula is C40H57N3O3. The van der Waals surface area contributed by atoms with Crippen LogP contribution in [-0.2, 0) is 11.3 Å². The number of carbonyl (C=O) groups is 2. The average molecular weight is 628 g/mol. The number of amides is 1. The topological polar surface area (TPSA) is 75.4 Å². The molecular weight excluding hydrogens is 570 g/mol. The van der Waals surface area contributed by atoms with Crippen molar-refractivity contribution in [1.29, 1.82) is 0 Å². The summed E-state index contributed by atoms with van der Waals surface area (Å²) in [5.41, 5.74) is 7.59. The molecule has 0 radical (unpaired) electrons. The highest BCUT2D eigenvalue weighted by molar-refractivity contribution is 6.00. The van der Waals surface area contributed by atoms with E-state index >= 15 is 0 Å². The number of hydrogen-bond donors (Lipinski definition) is 1. The highest BCUT2D eigenvalue weighted by Gasteiger charge is 2.27. The molecule has 1 N–H and O–H groups in total.